The Hall–Kier alpha value is -1.83. The molecule has 0 aromatic rings. The van der Waals surface area contributed by atoms with E-state index in [4.69, 9.17) is 5.11 Å². The SMILES string of the molecule is CNC(=O)CN(C)C(=O)NC(COC)C(=O)O. The summed E-state index contributed by atoms with van der Waals surface area (Å²) in [5.74, 6) is -1.55. The van der Waals surface area contributed by atoms with Crippen LogP contribution in [-0.4, -0.2) is 68.3 Å². The molecule has 0 aliphatic rings. The number of ether oxygens (including phenoxy) is 1. The summed E-state index contributed by atoms with van der Waals surface area (Å²) in [6.45, 7) is -0.295. The van der Waals surface area contributed by atoms with Gasteiger partial charge in [0.1, 0.15) is 6.54 Å². The number of nitrogens with one attached hydrogen (secondary N) is 2. The summed E-state index contributed by atoms with van der Waals surface area (Å²) in [5, 5.41) is 13.3. The molecular weight excluding hydrogens is 230 g/mol. The first-order valence-electron chi connectivity index (χ1n) is 4.86. The van der Waals surface area contributed by atoms with E-state index in [9.17, 15) is 14.4 Å². The first-order chi connectivity index (χ1) is 7.92. The maximum Gasteiger partial charge on any atom is 0.328 e. The minimum atomic E-state index is -1.20. The summed E-state index contributed by atoms with van der Waals surface area (Å²) in [6, 6.07) is -1.79. The van der Waals surface area contributed by atoms with Gasteiger partial charge in [-0.15, -0.1) is 0 Å². The molecule has 0 radical (unpaired) electrons. The van der Waals surface area contributed by atoms with Crippen LogP contribution in [0.2, 0.25) is 0 Å². The van der Waals surface area contributed by atoms with E-state index in [1.807, 2.05) is 0 Å². The van der Waals surface area contributed by atoms with Gasteiger partial charge < -0.3 is 25.4 Å². The van der Waals surface area contributed by atoms with Crippen molar-refractivity contribution in [2.75, 3.05) is 34.4 Å². The lowest BCUT2D eigenvalue weighted by molar-refractivity contribution is -0.140. The minimum Gasteiger partial charge on any atom is -0.480 e. The zero-order valence-corrected chi connectivity index (χ0v) is 10.0. The fourth-order valence-electron chi connectivity index (χ4n) is 0.967. The Morgan fingerprint density at radius 3 is 2.41 bits per heavy atom. The highest BCUT2D eigenvalue weighted by Gasteiger charge is 2.22. The van der Waals surface area contributed by atoms with Gasteiger partial charge in [-0.2, -0.15) is 0 Å². The topological polar surface area (TPSA) is 108 Å². The minimum absolute atomic E-state index is 0.144. The number of amides is 3. The van der Waals surface area contributed by atoms with Crippen molar-refractivity contribution in [3.05, 3.63) is 0 Å². The number of carboxylic acid groups (broad SMARTS) is 1. The van der Waals surface area contributed by atoms with Gasteiger partial charge in [-0.3, -0.25) is 4.79 Å². The van der Waals surface area contributed by atoms with Gasteiger partial charge in [-0.05, 0) is 0 Å². The average Bonchev–Trinajstić information content (AvgIpc) is 2.27. The van der Waals surface area contributed by atoms with Crippen LogP contribution in [0.15, 0.2) is 0 Å². The van der Waals surface area contributed by atoms with Gasteiger partial charge in [0.25, 0.3) is 0 Å². The molecule has 0 aromatic heterocycles. The first kappa shape index (κ1) is 15.2. The van der Waals surface area contributed by atoms with Crippen molar-refractivity contribution in [3.8, 4) is 0 Å². The lowest BCUT2D eigenvalue weighted by Crippen LogP contribution is -2.50. The van der Waals surface area contributed by atoms with E-state index in [0.29, 0.717) is 0 Å². The molecule has 0 bridgehead atoms. The maximum absolute atomic E-state index is 11.5. The van der Waals surface area contributed by atoms with Crippen LogP contribution in [-0.2, 0) is 14.3 Å². The number of rotatable bonds is 6. The fourth-order valence-corrected chi connectivity index (χ4v) is 0.967. The molecule has 0 aliphatic heterocycles. The molecule has 8 nitrogen and oxygen atoms in total. The number of carbonyl (C=O) groups is 3. The number of carboxylic acids is 1. The summed E-state index contributed by atoms with van der Waals surface area (Å²) in [6.07, 6.45) is 0. The zero-order chi connectivity index (χ0) is 13.4. The van der Waals surface area contributed by atoms with Crippen molar-refractivity contribution >= 4 is 17.9 Å². The quantitative estimate of drug-likeness (QED) is 0.528. The normalized spacial score (nSPS) is 11.5. The summed E-state index contributed by atoms with van der Waals surface area (Å²) < 4.78 is 4.65. The van der Waals surface area contributed by atoms with E-state index in [1.54, 1.807) is 0 Å². The molecule has 0 aliphatic carbocycles. The maximum atomic E-state index is 11.5. The van der Waals surface area contributed by atoms with Gasteiger partial charge in [-0.25, -0.2) is 9.59 Å². The van der Waals surface area contributed by atoms with Gasteiger partial charge in [0, 0.05) is 21.2 Å². The van der Waals surface area contributed by atoms with Crippen LogP contribution < -0.4 is 10.6 Å². The molecule has 3 amide bonds. The molecule has 0 saturated carbocycles. The lowest BCUT2D eigenvalue weighted by atomic mass is 10.3. The second-order valence-corrected chi connectivity index (χ2v) is 3.32. The van der Waals surface area contributed by atoms with E-state index >= 15 is 0 Å². The highest BCUT2D eigenvalue weighted by Crippen LogP contribution is 1.90. The molecule has 0 aromatic carbocycles. The van der Waals surface area contributed by atoms with Crippen LogP contribution in [0.25, 0.3) is 0 Å². The first-order valence-corrected chi connectivity index (χ1v) is 4.86. The third kappa shape index (κ3) is 5.71. The number of nitrogens with zero attached hydrogens (tertiary/aromatic N) is 1. The second kappa shape index (κ2) is 7.44. The third-order valence-corrected chi connectivity index (χ3v) is 1.94. The molecule has 0 heterocycles. The molecule has 8 heteroatoms. The summed E-state index contributed by atoms with van der Waals surface area (Å²) in [5.41, 5.74) is 0. The number of urea groups is 1. The lowest BCUT2D eigenvalue weighted by Gasteiger charge is -2.20. The second-order valence-electron chi connectivity index (χ2n) is 3.32. The highest BCUT2D eigenvalue weighted by molar-refractivity contribution is 5.86. The van der Waals surface area contributed by atoms with Crippen molar-refractivity contribution in [1.29, 1.82) is 0 Å². The van der Waals surface area contributed by atoms with Gasteiger partial charge in [0.15, 0.2) is 6.04 Å². The number of carbonyl (C=O) groups excluding carboxylic acids is 2. The predicted octanol–water partition coefficient (Wildman–Crippen LogP) is -1.53. The Balaban J connectivity index is 4.30. The van der Waals surface area contributed by atoms with Gasteiger partial charge in [0.05, 0.1) is 6.61 Å². The van der Waals surface area contributed by atoms with Crippen LogP contribution in [0, 0.1) is 0 Å². The molecule has 0 fully saturated rings. The van der Waals surface area contributed by atoms with Crippen molar-refractivity contribution < 1.29 is 24.2 Å². The standard InChI is InChI=1S/C9H17N3O5/c1-10-7(13)4-12(2)9(16)11-6(5-17-3)8(14)15/h6H,4-5H2,1-3H3,(H,10,13)(H,11,16)(H,14,15). The number of likely N-dealkylation sites (N-methyl/N-ethyl adjacent to an activating group) is 2. The number of hydrogen-bond acceptors (Lipinski definition) is 4. The average molecular weight is 247 g/mol. The third-order valence-electron chi connectivity index (χ3n) is 1.94. The number of methoxy groups -OCH3 is 1. The Bertz CT molecular complexity index is 294. The largest absolute Gasteiger partial charge is 0.480 e. The molecule has 0 spiro atoms. The Morgan fingerprint density at radius 1 is 1.41 bits per heavy atom. The molecule has 98 valence electrons. The van der Waals surface area contributed by atoms with Gasteiger partial charge in [-0.1, -0.05) is 0 Å². The molecule has 0 rings (SSSR count). The van der Waals surface area contributed by atoms with Crippen molar-refractivity contribution in [2.45, 2.75) is 6.04 Å². The monoisotopic (exact) mass is 247 g/mol. The predicted molar refractivity (Wildman–Crippen MR) is 58.5 cm³/mol. The van der Waals surface area contributed by atoms with E-state index in [0.717, 1.165) is 4.90 Å². The molecular formula is C9H17N3O5. The summed E-state index contributed by atoms with van der Waals surface area (Å²) >= 11 is 0. The zero-order valence-electron chi connectivity index (χ0n) is 10.0. The van der Waals surface area contributed by atoms with Crippen molar-refractivity contribution in [2.24, 2.45) is 0 Å². The van der Waals surface area contributed by atoms with Crippen LogP contribution in [0.4, 0.5) is 4.79 Å². The number of aliphatic carboxylic acids is 1. The number of hydrogen-bond donors (Lipinski definition) is 3. The van der Waals surface area contributed by atoms with E-state index in [1.165, 1.54) is 21.2 Å². The van der Waals surface area contributed by atoms with Crippen LogP contribution >= 0.6 is 0 Å². The summed E-state index contributed by atoms with van der Waals surface area (Å²) in [7, 11) is 4.16. The van der Waals surface area contributed by atoms with Crippen molar-refractivity contribution in [1.82, 2.24) is 15.5 Å². The Morgan fingerprint density at radius 2 is 2.00 bits per heavy atom. The summed E-state index contributed by atoms with van der Waals surface area (Å²) in [4.78, 5) is 34.3. The van der Waals surface area contributed by atoms with E-state index in [-0.39, 0.29) is 19.1 Å². The molecule has 17 heavy (non-hydrogen) atoms. The molecule has 1 unspecified atom stereocenters. The van der Waals surface area contributed by atoms with Crippen molar-refractivity contribution in [3.63, 3.8) is 0 Å². The van der Waals surface area contributed by atoms with E-state index < -0.39 is 18.0 Å². The van der Waals surface area contributed by atoms with E-state index in [2.05, 4.69) is 15.4 Å². The highest BCUT2D eigenvalue weighted by atomic mass is 16.5. The molecule has 0 saturated heterocycles. The Labute approximate surface area is 98.9 Å². The molecule has 3 N–H and O–H groups in total. The van der Waals surface area contributed by atoms with Gasteiger partial charge >= 0.3 is 12.0 Å². The van der Waals surface area contributed by atoms with Crippen LogP contribution in [0.3, 0.4) is 0 Å². The Kier molecular flexibility index (Phi) is 6.64. The smallest absolute Gasteiger partial charge is 0.328 e. The fraction of sp³-hybridized carbons (Fsp3) is 0.667. The van der Waals surface area contributed by atoms with Gasteiger partial charge in [0.2, 0.25) is 5.91 Å². The van der Waals surface area contributed by atoms with Crippen LogP contribution in [0.5, 0.6) is 0 Å². The molecule has 1 atom stereocenters. The van der Waals surface area contributed by atoms with Crippen LogP contribution in [0.1, 0.15) is 0 Å².